The molecule has 2 aromatic carbocycles. The first-order chi connectivity index (χ1) is 13.2. The van der Waals surface area contributed by atoms with Crippen LogP contribution in [0.5, 0.6) is 5.75 Å². The topological polar surface area (TPSA) is 44.8 Å². The maximum Gasteiger partial charge on any atom is 0.306 e. The minimum atomic E-state index is -0.558. The summed E-state index contributed by atoms with van der Waals surface area (Å²) in [4.78, 5) is 12.1. The Labute approximate surface area is 158 Å². The third-order valence-electron chi connectivity index (χ3n) is 5.21. The lowest BCUT2D eigenvalue weighted by molar-refractivity contribution is -0.146. The zero-order valence-electron chi connectivity index (χ0n) is 15.2. The van der Waals surface area contributed by atoms with Crippen molar-refractivity contribution in [2.75, 3.05) is 0 Å². The van der Waals surface area contributed by atoms with Crippen molar-refractivity contribution in [2.45, 2.75) is 51.6 Å². The van der Waals surface area contributed by atoms with Gasteiger partial charge in [0.2, 0.25) is 6.29 Å². The van der Waals surface area contributed by atoms with Gasteiger partial charge in [0, 0.05) is 23.1 Å². The van der Waals surface area contributed by atoms with E-state index in [1.54, 1.807) is 0 Å². The van der Waals surface area contributed by atoms with E-state index in [1.165, 1.54) is 25.0 Å². The minimum absolute atomic E-state index is 0.00710. The summed E-state index contributed by atoms with van der Waals surface area (Å²) in [5.41, 5.74) is 2.05. The lowest BCUT2D eigenvalue weighted by Gasteiger charge is -2.28. The fraction of sp³-hybridized carbons (Fsp3) is 0.409. The van der Waals surface area contributed by atoms with Crippen LogP contribution in [0.2, 0.25) is 0 Å². The van der Waals surface area contributed by atoms with Gasteiger partial charge in [-0.15, -0.1) is 0 Å². The van der Waals surface area contributed by atoms with E-state index in [-0.39, 0.29) is 25.0 Å². The SMILES string of the molecule is O=C(CC1CCCC1)OCc1cc(F)cc2c1OC(c1ccccc1)OC2. The Morgan fingerprint density at radius 1 is 1.15 bits per heavy atom. The van der Waals surface area contributed by atoms with Gasteiger partial charge in [0.05, 0.1) is 6.61 Å². The zero-order chi connectivity index (χ0) is 18.6. The number of benzene rings is 2. The van der Waals surface area contributed by atoms with Crippen LogP contribution in [0.4, 0.5) is 4.39 Å². The Bertz CT molecular complexity index is 799. The lowest BCUT2D eigenvalue weighted by Crippen LogP contribution is -2.20. The third kappa shape index (κ3) is 4.30. The van der Waals surface area contributed by atoms with Crippen LogP contribution in [0.15, 0.2) is 42.5 Å². The van der Waals surface area contributed by atoms with Gasteiger partial charge in [0.1, 0.15) is 18.2 Å². The number of rotatable bonds is 5. The van der Waals surface area contributed by atoms with E-state index in [0.29, 0.717) is 29.2 Å². The van der Waals surface area contributed by atoms with Crippen LogP contribution in [0.25, 0.3) is 0 Å². The van der Waals surface area contributed by atoms with E-state index in [1.807, 2.05) is 30.3 Å². The molecule has 2 aliphatic rings. The molecule has 1 heterocycles. The molecule has 27 heavy (non-hydrogen) atoms. The summed E-state index contributed by atoms with van der Waals surface area (Å²) >= 11 is 0. The summed E-state index contributed by atoms with van der Waals surface area (Å²) in [6.07, 6.45) is 4.42. The average molecular weight is 370 g/mol. The third-order valence-corrected chi connectivity index (χ3v) is 5.21. The summed E-state index contributed by atoms with van der Waals surface area (Å²) in [6.45, 7) is 0.253. The number of esters is 1. The highest BCUT2D eigenvalue weighted by Crippen LogP contribution is 2.37. The van der Waals surface area contributed by atoms with Gasteiger partial charge < -0.3 is 14.2 Å². The monoisotopic (exact) mass is 370 g/mol. The van der Waals surface area contributed by atoms with Gasteiger partial charge >= 0.3 is 5.97 Å². The van der Waals surface area contributed by atoms with Crippen molar-refractivity contribution < 1.29 is 23.4 Å². The summed E-state index contributed by atoms with van der Waals surface area (Å²) in [5, 5.41) is 0. The summed E-state index contributed by atoms with van der Waals surface area (Å²) in [5.74, 6) is 0.351. The van der Waals surface area contributed by atoms with Gasteiger partial charge in [0.15, 0.2) is 0 Å². The molecular weight excluding hydrogens is 347 g/mol. The largest absolute Gasteiger partial charge is 0.461 e. The van der Waals surface area contributed by atoms with Crippen LogP contribution in [-0.2, 0) is 27.5 Å². The van der Waals surface area contributed by atoms with Crippen molar-refractivity contribution >= 4 is 5.97 Å². The first kappa shape index (κ1) is 18.0. The molecule has 0 bridgehead atoms. The predicted molar refractivity (Wildman–Crippen MR) is 97.4 cm³/mol. The second-order valence-corrected chi connectivity index (χ2v) is 7.24. The van der Waals surface area contributed by atoms with Crippen molar-refractivity contribution in [1.82, 2.24) is 0 Å². The Morgan fingerprint density at radius 2 is 1.93 bits per heavy atom. The molecule has 0 radical (unpaired) electrons. The van der Waals surface area contributed by atoms with Crippen molar-refractivity contribution in [1.29, 1.82) is 0 Å². The van der Waals surface area contributed by atoms with Crippen molar-refractivity contribution in [3.63, 3.8) is 0 Å². The van der Waals surface area contributed by atoms with Crippen LogP contribution in [0, 0.1) is 11.7 Å². The molecule has 1 aliphatic heterocycles. The van der Waals surface area contributed by atoms with Gasteiger partial charge in [-0.25, -0.2) is 4.39 Å². The molecule has 1 fully saturated rings. The molecule has 1 aliphatic carbocycles. The molecule has 142 valence electrons. The first-order valence-corrected chi connectivity index (χ1v) is 9.49. The zero-order valence-corrected chi connectivity index (χ0v) is 15.2. The molecule has 1 unspecified atom stereocenters. The molecule has 0 aromatic heterocycles. The van der Waals surface area contributed by atoms with Gasteiger partial charge in [0.25, 0.3) is 0 Å². The second kappa shape index (κ2) is 8.09. The Morgan fingerprint density at radius 3 is 2.70 bits per heavy atom. The van der Waals surface area contributed by atoms with Crippen molar-refractivity contribution in [2.24, 2.45) is 5.92 Å². The second-order valence-electron chi connectivity index (χ2n) is 7.24. The van der Waals surface area contributed by atoms with Gasteiger partial charge in [-0.3, -0.25) is 4.79 Å². The number of hydrogen-bond acceptors (Lipinski definition) is 4. The van der Waals surface area contributed by atoms with Crippen LogP contribution in [0.1, 0.15) is 55.1 Å². The summed E-state index contributed by atoms with van der Waals surface area (Å²) in [6, 6.07) is 12.4. The fourth-order valence-corrected chi connectivity index (χ4v) is 3.83. The minimum Gasteiger partial charge on any atom is -0.461 e. The highest BCUT2D eigenvalue weighted by atomic mass is 19.1. The van der Waals surface area contributed by atoms with E-state index >= 15 is 0 Å². The van der Waals surface area contributed by atoms with Crippen molar-refractivity contribution in [3.8, 4) is 5.75 Å². The highest BCUT2D eigenvalue weighted by Gasteiger charge is 2.26. The number of halogens is 1. The lowest BCUT2D eigenvalue weighted by atomic mass is 10.0. The molecule has 1 saturated carbocycles. The number of hydrogen-bond donors (Lipinski definition) is 0. The average Bonchev–Trinajstić information content (AvgIpc) is 3.19. The molecule has 0 saturated heterocycles. The maximum atomic E-state index is 14.0. The van der Waals surface area contributed by atoms with E-state index in [4.69, 9.17) is 14.2 Å². The van der Waals surface area contributed by atoms with Gasteiger partial charge in [-0.1, -0.05) is 43.2 Å². The molecule has 5 heteroatoms. The normalized spacial score (nSPS) is 19.4. The molecule has 0 spiro atoms. The van der Waals surface area contributed by atoms with E-state index in [0.717, 1.165) is 18.4 Å². The number of fused-ring (bicyclic) bond motifs is 1. The molecule has 2 aromatic rings. The standard InChI is InChI=1S/C22H23FO4/c23-19-11-17(13-25-20(24)10-15-6-4-5-7-15)21-18(12-19)14-26-22(27-21)16-8-2-1-3-9-16/h1-3,8-9,11-12,15,22H,4-7,10,13-14H2. The van der Waals surface area contributed by atoms with Crippen LogP contribution >= 0.6 is 0 Å². The van der Waals surface area contributed by atoms with Crippen LogP contribution in [-0.4, -0.2) is 5.97 Å². The Balaban J connectivity index is 1.47. The first-order valence-electron chi connectivity index (χ1n) is 9.49. The predicted octanol–water partition coefficient (Wildman–Crippen LogP) is 5.06. The molecular formula is C22H23FO4. The van der Waals surface area contributed by atoms with E-state index in [9.17, 15) is 9.18 Å². The van der Waals surface area contributed by atoms with Crippen molar-refractivity contribution in [3.05, 3.63) is 65.0 Å². The summed E-state index contributed by atoms with van der Waals surface area (Å²) in [7, 11) is 0. The smallest absolute Gasteiger partial charge is 0.306 e. The number of ether oxygens (including phenoxy) is 3. The molecule has 0 amide bonds. The van der Waals surface area contributed by atoms with Gasteiger partial charge in [-0.2, -0.15) is 0 Å². The quantitative estimate of drug-likeness (QED) is 0.691. The van der Waals surface area contributed by atoms with Gasteiger partial charge in [-0.05, 0) is 30.9 Å². The summed E-state index contributed by atoms with van der Waals surface area (Å²) < 4.78 is 31.1. The molecule has 1 atom stereocenters. The van der Waals surface area contributed by atoms with Crippen LogP contribution in [0.3, 0.4) is 0 Å². The van der Waals surface area contributed by atoms with Crippen LogP contribution < -0.4 is 4.74 Å². The molecule has 4 rings (SSSR count). The van der Waals surface area contributed by atoms with E-state index < -0.39 is 6.29 Å². The Kier molecular flexibility index (Phi) is 5.39. The number of carbonyl (C=O) groups excluding carboxylic acids is 1. The Hall–Kier alpha value is -2.40. The molecule has 0 N–H and O–H groups in total. The maximum absolute atomic E-state index is 14.0. The highest BCUT2D eigenvalue weighted by molar-refractivity contribution is 5.69. The number of carbonyl (C=O) groups is 1. The molecule has 4 nitrogen and oxygen atoms in total. The fourth-order valence-electron chi connectivity index (χ4n) is 3.83. The van der Waals surface area contributed by atoms with E-state index in [2.05, 4.69) is 0 Å².